The average molecular weight is 355 g/mol. The largest absolute Gasteiger partial charge is 0.490 e. The van der Waals surface area contributed by atoms with Crippen LogP contribution in [0, 0.1) is 5.92 Å². The molecule has 1 aromatic heterocycles. The topological polar surface area (TPSA) is 42.7 Å². The summed E-state index contributed by atoms with van der Waals surface area (Å²) in [4.78, 5) is 15.2. The highest BCUT2D eigenvalue weighted by molar-refractivity contribution is 5.78. The summed E-state index contributed by atoms with van der Waals surface area (Å²) in [6, 6.07) is 5.69. The van der Waals surface area contributed by atoms with E-state index in [1.165, 1.54) is 12.8 Å². The van der Waals surface area contributed by atoms with Crippen LogP contribution in [0.2, 0.25) is 0 Å². The van der Waals surface area contributed by atoms with Gasteiger partial charge in [0.1, 0.15) is 17.4 Å². The summed E-state index contributed by atoms with van der Waals surface area (Å²) in [5.74, 6) is 1.65. The molecule has 1 saturated heterocycles. The summed E-state index contributed by atoms with van der Waals surface area (Å²) >= 11 is 0. The second-order valence-electron chi connectivity index (χ2n) is 8.20. The lowest BCUT2D eigenvalue weighted by molar-refractivity contribution is 0.131. The lowest BCUT2D eigenvalue weighted by atomic mass is 9.98. The molecule has 1 saturated carbocycles. The van der Waals surface area contributed by atoms with Gasteiger partial charge >= 0.3 is 0 Å². The summed E-state index contributed by atoms with van der Waals surface area (Å²) < 4.78 is 12.1. The van der Waals surface area contributed by atoms with Gasteiger partial charge in [0, 0.05) is 24.1 Å². The smallest absolute Gasteiger partial charge is 0.196 e. The minimum Gasteiger partial charge on any atom is -0.490 e. The minimum atomic E-state index is 0.133. The minimum absolute atomic E-state index is 0.133. The zero-order chi connectivity index (χ0) is 18.1. The Morgan fingerprint density at radius 1 is 1.15 bits per heavy atom. The monoisotopic (exact) mass is 355 g/mol. The fourth-order valence-corrected chi connectivity index (χ4v) is 4.61. The maximum Gasteiger partial charge on any atom is 0.196 e. The van der Waals surface area contributed by atoms with Crippen LogP contribution in [0.4, 0.5) is 0 Å². The van der Waals surface area contributed by atoms with Crippen LogP contribution in [0.1, 0.15) is 56.9 Å². The third kappa shape index (κ3) is 3.52. The van der Waals surface area contributed by atoms with E-state index in [2.05, 4.69) is 18.9 Å². The number of fused-ring (bicyclic) bond motifs is 1. The van der Waals surface area contributed by atoms with Crippen molar-refractivity contribution in [1.29, 1.82) is 0 Å². The Bertz CT molecular complexity index is 822. The van der Waals surface area contributed by atoms with E-state index in [0.717, 1.165) is 50.1 Å². The van der Waals surface area contributed by atoms with Crippen molar-refractivity contribution in [2.24, 2.45) is 5.92 Å². The van der Waals surface area contributed by atoms with Gasteiger partial charge in [-0.1, -0.05) is 19.8 Å². The molecule has 2 heterocycles. The number of hydrogen-bond acceptors (Lipinski definition) is 4. The van der Waals surface area contributed by atoms with Crippen molar-refractivity contribution in [1.82, 2.24) is 4.90 Å². The standard InChI is InChI=1S/C22H29NO3/c1-15-13-23(2)11-5-8-20(15)26-17-9-10-18-21(12-17)25-14-19(22(18)24)16-6-3-4-7-16/h9-10,12,14-16,20H,3-8,11,13H2,1-2H3. The molecule has 0 amide bonds. The summed E-state index contributed by atoms with van der Waals surface area (Å²) in [7, 11) is 2.17. The second kappa shape index (κ2) is 7.43. The van der Waals surface area contributed by atoms with Gasteiger partial charge in [-0.15, -0.1) is 0 Å². The number of nitrogens with zero attached hydrogens (tertiary/aromatic N) is 1. The fraction of sp³-hybridized carbons (Fsp3) is 0.591. The third-order valence-electron chi connectivity index (χ3n) is 6.12. The lowest BCUT2D eigenvalue weighted by Gasteiger charge is -2.24. The number of benzene rings is 1. The van der Waals surface area contributed by atoms with E-state index in [1.54, 1.807) is 6.26 Å². The van der Waals surface area contributed by atoms with Crippen LogP contribution >= 0.6 is 0 Å². The first-order chi connectivity index (χ1) is 12.6. The molecular formula is C22H29NO3. The van der Waals surface area contributed by atoms with Gasteiger partial charge in [-0.05, 0) is 57.3 Å². The Morgan fingerprint density at radius 2 is 1.96 bits per heavy atom. The van der Waals surface area contributed by atoms with Gasteiger partial charge < -0.3 is 14.1 Å². The highest BCUT2D eigenvalue weighted by Gasteiger charge is 2.25. The van der Waals surface area contributed by atoms with Gasteiger partial charge in [0.25, 0.3) is 0 Å². The summed E-state index contributed by atoms with van der Waals surface area (Å²) in [5, 5.41) is 0.676. The Labute approximate surface area is 155 Å². The Kier molecular flexibility index (Phi) is 5.03. The fourth-order valence-electron chi connectivity index (χ4n) is 4.61. The van der Waals surface area contributed by atoms with E-state index in [1.807, 2.05) is 18.2 Å². The van der Waals surface area contributed by atoms with E-state index < -0.39 is 0 Å². The SMILES string of the molecule is CC1CN(C)CCCC1Oc1ccc2c(=O)c(C3CCCC3)coc2c1. The average Bonchev–Trinajstić information content (AvgIpc) is 3.10. The molecule has 2 unspecified atom stereocenters. The van der Waals surface area contributed by atoms with Crippen LogP contribution in [-0.4, -0.2) is 31.1 Å². The molecule has 1 aromatic carbocycles. The highest BCUT2D eigenvalue weighted by Crippen LogP contribution is 2.33. The first-order valence-corrected chi connectivity index (χ1v) is 10.0. The molecule has 4 rings (SSSR count). The van der Waals surface area contributed by atoms with Crippen LogP contribution in [0.3, 0.4) is 0 Å². The van der Waals surface area contributed by atoms with Crippen molar-refractivity contribution < 1.29 is 9.15 Å². The predicted octanol–water partition coefficient (Wildman–Crippen LogP) is 4.56. The van der Waals surface area contributed by atoms with Gasteiger partial charge in [-0.3, -0.25) is 4.79 Å². The van der Waals surface area contributed by atoms with Crippen molar-refractivity contribution in [2.75, 3.05) is 20.1 Å². The van der Waals surface area contributed by atoms with E-state index >= 15 is 0 Å². The van der Waals surface area contributed by atoms with Crippen LogP contribution < -0.4 is 10.2 Å². The van der Waals surface area contributed by atoms with Crippen LogP contribution in [0.15, 0.2) is 33.7 Å². The molecule has 140 valence electrons. The number of ether oxygens (including phenoxy) is 1. The zero-order valence-corrected chi connectivity index (χ0v) is 15.9. The maximum absolute atomic E-state index is 12.8. The van der Waals surface area contributed by atoms with Gasteiger partial charge in [0.15, 0.2) is 5.43 Å². The molecule has 0 N–H and O–H groups in total. The van der Waals surface area contributed by atoms with Crippen LogP contribution in [0.5, 0.6) is 5.75 Å². The quantitative estimate of drug-likeness (QED) is 0.809. The Morgan fingerprint density at radius 3 is 2.77 bits per heavy atom. The van der Waals surface area contributed by atoms with E-state index in [4.69, 9.17) is 9.15 Å². The molecule has 1 aliphatic carbocycles. The van der Waals surface area contributed by atoms with Gasteiger partial charge in [-0.2, -0.15) is 0 Å². The van der Waals surface area contributed by atoms with E-state index in [0.29, 0.717) is 22.8 Å². The molecule has 4 heteroatoms. The third-order valence-corrected chi connectivity index (χ3v) is 6.12. The van der Waals surface area contributed by atoms with Crippen molar-refractivity contribution in [3.8, 4) is 5.75 Å². The molecule has 2 atom stereocenters. The zero-order valence-electron chi connectivity index (χ0n) is 15.9. The normalized spacial score (nSPS) is 25.5. The second-order valence-corrected chi connectivity index (χ2v) is 8.20. The van der Waals surface area contributed by atoms with Crippen LogP contribution in [0.25, 0.3) is 11.0 Å². The van der Waals surface area contributed by atoms with Crippen molar-refractivity contribution in [3.63, 3.8) is 0 Å². The summed E-state index contributed by atoms with van der Waals surface area (Å²) in [6.45, 7) is 4.43. The molecule has 0 radical (unpaired) electrons. The van der Waals surface area contributed by atoms with Crippen molar-refractivity contribution >= 4 is 11.0 Å². The molecule has 4 nitrogen and oxygen atoms in total. The first-order valence-electron chi connectivity index (χ1n) is 10.0. The van der Waals surface area contributed by atoms with Crippen molar-refractivity contribution in [2.45, 2.75) is 57.5 Å². The molecule has 0 bridgehead atoms. The number of hydrogen-bond donors (Lipinski definition) is 0. The molecule has 2 fully saturated rings. The highest BCUT2D eigenvalue weighted by atomic mass is 16.5. The number of rotatable bonds is 3. The van der Waals surface area contributed by atoms with Crippen LogP contribution in [-0.2, 0) is 0 Å². The van der Waals surface area contributed by atoms with E-state index in [9.17, 15) is 4.79 Å². The maximum atomic E-state index is 12.8. The van der Waals surface area contributed by atoms with Gasteiger partial charge in [-0.25, -0.2) is 0 Å². The van der Waals surface area contributed by atoms with Crippen molar-refractivity contribution in [3.05, 3.63) is 40.2 Å². The van der Waals surface area contributed by atoms with Gasteiger partial charge in [0.2, 0.25) is 0 Å². The van der Waals surface area contributed by atoms with E-state index in [-0.39, 0.29) is 11.5 Å². The number of likely N-dealkylation sites (tertiary alicyclic amines) is 1. The lowest BCUT2D eigenvalue weighted by Crippen LogP contribution is -2.30. The summed E-state index contributed by atoms with van der Waals surface area (Å²) in [6.07, 6.45) is 8.74. The Balaban J connectivity index is 1.58. The van der Waals surface area contributed by atoms with Gasteiger partial charge in [0.05, 0.1) is 11.6 Å². The molecule has 2 aliphatic rings. The summed E-state index contributed by atoms with van der Waals surface area (Å²) in [5.41, 5.74) is 1.62. The Hall–Kier alpha value is -1.81. The predicted molar refractivity (Wildman–Crippen MR) is 104 cm³/mol. The molecule has 26 heavy (non-hydrogen) atoms. The first kappa shape index (κ1) is 17.6. The molecule has 2 aromatic rings. The molecule has 1 aliphatic heterocycles. The molecule has 0 spiro atoms. The molecular weight excluding hydrogens is 326 g/mol.